The van der Waals surface area contributed by atoms with Gasteiger partial charge in [0.15, 0.2) is 0 Å². The largest absolute Gasteiger partial charge is 0.508 e. The molecular formula is C25H29F3N2OS. The van der Waals surface area contributed by atoms with Gasteiger partial charge in [-0.1, -0.05) is 19.1 Å². The maximum Gasteiger partial charge on any atom is 0.416 e. The minimum absolute atomic E-state index is 0.129. The SMILES string of the molecule is CN(Sc1cccc(C(F)(F)F)c1)[C@@H]1[C@H]2Cc3ccc(O)cc3[C@]1(C)CCN2CC1CC1. The Hall–Kier alpha value is -1.70. The molecule has 7 heteroatoms. The van der Waals surface area contributed by atoms with Crippen molar-refractivity contribution in [2.75, 3.05) is 20.1 Å². The van der Waals surface area contributed by atoms with E-state index in [0.29, 0.717) is 10.9 Å². The quantitative estimate of drug-likeness (QED) is 0.575. The van der Waals surface area contributed by atoms with E-state index in [2.05, 4.69) is 16.1 Å². The van der Waals surface area contributed by atoms with Crippen LogP contribution in [0.5, 0.6) is 5.75 Å². The number of phenolic OH excluding ortho intramolecular Hbond substituents is 1. The van der Waals surface area contributed by atoms with Crippen molar-refractivity contribution in [3.8, 4) is 5.75 Å². The van der Waals surface area contributed by atoms with Gasteiger partial charge in [-0.3, -0.25) is 4.90 Å². The number of hydrogen-bond acceptors (Lipinski definition) is 4. The molecule has 1 saturated heterocycles. The second-order valence-electron chi connectivity index (χ2n) is 9.83. The summed E-state index contributed by atoms with van der Waals surface area (Å²) in [4.78, 5) is 3.21. The normalized spacial score (nSPS) is 28.1. The number of fused-ring (bicyclic) bond motifs is 4. The summed E-state index contributed by atoms with van der Waals surface area (Å²) in [6, 6.07) is 11.7. The zero-order valence-corrected chi connectivity index (χ0v) is 19.2. The van der Waals surface area contributed by atoms with E-state index < -0.39 is 11.7 Å². The third-order valence-electron chi connectivity index (χ3n) is 7.53. The minimum Gasteiger partial charge on any atom is -0.508 e. The number of phenols is 1. The van der Waals surface area contributed by atoms with Crippen molar-refractivity contribution in [3.63, 3.8) is 0 Å². The number of likely N-dealkylation sites (tertiary alicyclic amines) is 1. The standard InChI is InChI=1S/C25H29F3N2OS/c1-24-10-11-30(15-16-6-7-16)22(12-17-8-9-19(31)14-21(17)24)23(24)29(2)32-20-5-3-4-18(13-20)25(26,27)28/h3-5,8-9,13-14,16,22-23,31H,6-7,10-12,15H2,1-2H3/t22-,23-,24+/m1/s1. The van der Waals surface area contributed by atoms with Crippen molar-refractivity contribution >= 4 is 11.9 Å². The Morgan fingerprint density at radius 2 is 1.97 bits per heavy atom. The van der Waals surface area contributed by atoms with E-state index in [0.717, 1.165) is 37.9 Å². The molecule has 0 radical (unpaired) electrons. The maximum absolute atomic E-state index is 13.2. The smallest absolute Gasteiger partial charge is 0.416 e. The molecule has 1 heterocycles. The highest BCUT2D eigenvalue weighted by Crippen LogP contribution is 2.50. The molecule has 1 saturated carbocycles. The van der Waals surface area contributed by atoms with Gasteiger partial charge in [0.1, 0.15) is 5.75 Å². The van der Waals surface area contributed by atoms with Crippen molar-refractivity contribution in [3.05, 3.63) is 59.2 Å². The monoisotopic (exact) mass is 462 g/mol. The van der Waals surface area contributed by atoms with Crippen LogP contribution < -0.4 is 0 Å². The van der Waals surface area contributed by atoms with Crippen LogP contribution in [-0.4, -0.2) is 46.5 Å². The minimum atomic E-state index is -4.35. The summed E-state index contributed by atoms with van der Waals surface area (Å²) in [5.74, 6) is 1.05. The summed E-state index contributed by atoms with van der Waals surface area (Å²) >= 11 is 1.40. The van der Waals surface area contributed by atoms with Crippen LogP contribution in [0, 0.1) is 5.92 Å². The molecule has 5 rings (SSSR count). The van der Waals surface area contributed by atoms with Crippen molar-refractivity contribution in [2.24, 2.45) is 5.92 Å². The van der Waals surface area contributed by atoms with E-state index in [9.17, 15) is 18.3 Å². The zero-order valence-electron chi connectivity index (χ0n) is 18.4. The van der Waals surface area contributed by atoms with Gasteiger partial charge in [0.2, 0.25) is 0 Å². The van der Waals surface area contributed by atoms with Gasteiger partial charge in [0.05, 0.1) is 5.56 Å². The number of alkyl halides is 3. The van der Waals surface area contributed by atoms with Gasteiger partial charge in [-0.15, -0.1) is 0 Å². The van der Waals surface area contributed by atoms with Crippen LogP contribution in [0.3, 0.4) is 0 Å². The molecule has 2 aromatic carbocycles. The molecule has 0 aromatic heterocycles. The van der Waals surface area contributed by atoms with Crippen LogP contribution >= 0.6 is 11.9 Å². The van der Waals surface area contributed by atoms with Crippen molar-refractivity contribution < 1.29 is 18.3 Å². The summed E-state index contributed by atoms with van der Waals surface area (Å²) in [7, 11) is 2.01. The molecule has 1 aliphatic heterocycles. The van der Waals surface area contributed by atoms with E-state index in [4.69, 9.17) is 0 Å². The van der Waals surface area contributed by atoms with Crippen molar-refractivity contribution in [1.29, 1.82) is 0 Å². The molecule has 3 atom stereocenters. The van der Waals surface area contributed by atoms with Gasteiger partial charge >= 0.3 is 6.18 Å². The molecule has 3 aliphatic rings. The Balaban J connectivity index is 1.49. The number of rotatable bonds is 5. The average Bonchev–Trinajstić information content (AvgIpc) is 3.54. The molecule has 2 bridgehead atoms. The lowest BCUT2D eigenvalue weighted by Crippen LogP contribution is -2.66. The molecule has 32 heavy (non-hydrogen) atoms. The second-order valence-corrected chi connectivity index (χ2v) is 11.1. The number of piperidine rings is 1. The topological polar surface area (TPSA) is 26.7 Å². The first-order chi connectivity index (χ1) is 15.1. The van der Waals surface area contributed by atoms with Crippen molar-refractivity contribution in [2.45, 2.75) is 61.2 Å². The molecule has 172 valence electrons. The fraction of sp³-hybridized carbons (Fsp3) is 0.520. The predicted octanol–water partition coefficient (Wildman–Crippen LogP) is 5.72. The Kier molecular flexibility index (Phi) is 5.50. The second kappa shape index (κ2) is 7.96. The van der Waals surface area contributed by atoms with Gasteiger partial charge < -0.3 is 5.11 Å². The maximum atomic E-state index is 13.2. The molecule has 0 unspecified atom stereocenters. The van der Waals surface area contributed by atoms with Crippen LogP contribution in [-0.2, 0) is 18.0 Å². The predicted molar refractivity (Wildman–Crippen MR) is 121 cm³/mol. The molecule has 2 aromatic rings. The summed E-state index contributed by atoms with van der Waals surface area (Å²) in [5, 5.41) is 10.2. The number of benzene rings is 2. The Morgan fingerprint density at radius 1 is 1.19 bits per heavy atom. The van der Waals surface area contributed by atoms with Gasteiger partial charge in [-0.25, -0.2) is 4.31 Å². The van der Waals surface area contributed by atoms with E-state index in [-0.39, 0.29) is 17.2 Å². The molecule has 0 amide bonds. The molecule has 2 aliphatic carbocycles. The third-order valence-corrected chi connectivity index (χ3v) is 8.51. The molecule has 0 spiro atoms. The van der Waals surface area contributed by atoms with E-state index >= 15 is 0 Å². The summed E-state index contributed by atoms with van der Waals surface area (Å²) in [5.41, 5.74) is 1.67. The first kappa shape index (κ1) is 22.1. The number of hydrogen-bond donors (Lipinski definition) is 1. The van der Waals surface area contributed by atoms with E-state index in [1.165, 1.54) is 48.0 Å². The van der Waals surface area contributed by atoms with E-state index in [1.54, 1.807) is 12.1 Å². The average molecular weight is 463 g/mol. The Bertz CT molecular complexity index is 1010. The van der Waals surface area contributed by atoms with Crippen LogP contribution in [0.4, 0.5) is 13.2 Å². The van der Waals surface area contributed by atoms with E-state index in [1.807, 2.05) is 19.2 Å². The lowest BCUT2D eigenvalue weighted by molar-refractivity contribution is -0.137. The lowest BCUT2D eigenvalue weighted by atomic mass is 9.61. The van der Waals surface area contributed by atoms with Gasteiger partial charge in [0, 0.05) is 28.9 Å². The third kappa shape index (κ3) is 4.03. The number of aromatic hydroxyl groups is 1. The number of nitrogens with zero attached hydrogens (tertiary/aromatic N) is 2. The molecule has 2 fully saturated rings. The number of halogens is 3. The first-order valence-electron chi connectivity index (χ1n) is 11.3. The first-order valence-corrected chi connectivity index (χ1v) is 12.1. The molecular weight excluding hydrogens is 433 g/mol. The highest BCUT2D eigenvalue weighted by atomic mass is 32.2. The fourth-order valence-corrected chi connectivity index (χ4v) is 6.94. The lowest BCUT2D eigenvalue weighted by Gasteiger charge is -2.57. The van der Waals surface area contributed by atoms with Crippen LogP contribution in [0.15, 0.2) is 47.4 Å². The summed E-state index contributed by atoms with van der Waals surface area (Å²) in [6.07, 6.45) is 0.107. The fourth-order valence-electron chi connectivity index (χ4n) is 5.80. The van der Waals surface area contributed by atoms with Gasteiger partial charge in [-0.05, 0) is 98.6 Å². The zero-order chi connectivity index (χ0) is 22.7. The molecule has 1 N–H and O–H groups in total. The molecule has 3 nitrogen and oxygen atoms in total. The van der Waals surface area contributed by atoms with Crippen molar-refractivity contribution in [1.82, 2.24) is 9.21 Å². The number of likely N-dealkylation sites (N-methyl/N-ethyl adjacent to an activating group) is 1. The Morgan fingerprint density at radius 3 is 2.69 bits per heavy atom. The highest BCUT2D eigenvalue weighted by molar-refractivity contribution is 7.97. The van der Waals surface area contributed by atoms with Gasteiger partial charge in [0.25, 0.3) is 0 Å². The summed E-state index contributed by atoms with van der Waals surface area (Å²) in [6.45, 7) is 4.39. The Labute approximate surface area is 191 Å². The highest BCUT2D eigenvalue weighted by Gasteiger charge is 2.53. The van der Waals surface area contributed by atoms with Crippen LogP contribution in [0.1, 0.15) is 42.9 Å². The van der Waals surface area contributed by atoms with Gasteiger partial charge in [-0.2, -0.15) is 13.2 Å². The summed E-state index contributed by atoms with van der Waals surface area (Å²) < 4.78 is 41.9. The van der Waals surface area contributed by atoms with Crippen LogP contribution in [0.25, 0.3) is 0 Å². The van der Waals surface area contributed by atoms with Crippen LogP contribution in [0.2, 0.25) is 0 Å².